The highest BCUT2D eigenvalue weighted by Gasteiger charge is 2.44. The molecule has 2 aliphatic rings. The molecule has 1 saturated heterocycles. The van der Waals surface area contributed by atoms with Gasteiger partial charge in [0.1, 0.15) is 0 Å². The molecule has 2 heterocycles. The Balaban J connectivity index is 1.21. The molecule has 8 heteroatoms. The van der Waals surface area contributed by atoms with E-state index < -0.39 is 0 Å². The summed E-state index contributed by atoms with van der Waals surface area (Å²) in [5.41, 5.74) is 2.16. The van der Waals surface area contributed by atoms with Gasteiger partial charge in [0.15, 0.2) is 0 Å². The number of rotatable bonds is 5. The van der Waals surface area contributed by atoms with Crippen LogP contribution in [0, 0.1) is 5.92 Å². The first-order valence-corrected chi connectivity index (χ1v) is 9.93. The standard InChI is InChI=1S/C20H24ClN5O2/c1-24-13-14(11-23-24)17-10-18(17)20(28)22-12-19(27)26-7-5-25(6-8-26)16-4-2-3-15(21)9-16/h2-4,9,11,13,17-18H,5-8,10,12H2,1H3,(H,22,28). The molecule has 2 unspecified atom stereocenters. The number of aryl methyl sites for hydroxylation is 1. The lowest BCUT2D eigenvalue weighted by molar-refractivity contribution is -0.133. The molecule has 7 nitrogen and oxygen atoms in total. The van der Waals surface area contributed by atoms with Gasteiger partial charge in [-0.1, -0.05) is 17.7 Å². The lowest BCUT2D eigenvalue weighted by Crippen LogP contribution is -2.51. The number of hydrogen-bond donors (Lipinski definition) is 1. The number of carbonyl (C=O) groups is 2. The molecule has 0 radical (unpaired) electrons. The first-order chi connectivity index (χ1) is 13.5. The second-order valence-electron chi connectivity index (χ2n) is 7.46. The van der Waals surface area contributed by atoms with Crippen LogP contribution >= 0.6 is 11.6 Å². The molecule has 4 rings (SSSR count). The summed E-state index contributed by atoms with van der Waals surface area (Å²) < 4.78 is 1.75. The molecule has 1 aromatic heterocycles. The van der Waals surface area contributed by atoms with Crippen molar-refractivity contribution in [1.29, 1.82) is 0 Å². The van der Waals surface area contributed by atoms with E-state index in [4.69, 9.17) is 11.6 Å². The van der Waals surface area contributed by atoms with E-state index in [2.05, 4.69) is 15.3 Å². The third-order valence-corrected chi connectivity index (χ3v) is 5.73. The van der Waals surface area contributed by atoms with Crippen LogP contribution in [0.3, 0.4) is 0 Å². The fourth-order valence-corrected chi connectivity index (χ4v) is 3.96. The number of halogens is 1. The van der Waals surface area contributed by atoms with E-state index in [0.717, 1.165) is 30.8 Å². The van der Waals surface area contributed by atoms with Gasteiger partial charge in [-0.05, 0) is 36.1 Å². The van der Waals surface area contributed by atoms with Gasteiger partial charge in [0.05, 0.1) is 12.7 Å². The molecule has 1 N–H and O–H groups in total. The molecule has 1 aliphatic heterocycles. The van der Waals surface area contributed by atoms with E-state index in [9.17, 15) is 9.59 Å². The predicted octanol–water partition coefficient (Wildman–Crippen LogP) is 1.64. The van der Waals surface area contributed by atoms with Crippen LogP contribution in [-0.2, 0) is 16.6 Å². The molecule has 28 heavy (non-hydrogen) atoms. The quantitative estimate of drug-likeness (QED) is 0.826. The topological polar surface area (TPSA) is 70.5 Å². The van der Waals surface area contributed by atoms with E-state index in [1.807, 2.05) is 48.6 Å². The summed E-state index contributed by atoms with van der Waals surface area (Å²) in [6.45, 7) is 2.86. The first-order valence-electron chi connectivity index (χ1n) is 9.56. The van der Waals surface area contributed by atoms with Crippen LogP contribution in [0.4, 0.5) is 5.69 Å². The molecule has 1 saturated carbocycles. The van der Waals surface area contributed by atoms with E-state index in [-0.39, 0.29) is 30.2 Å². The Hall–Kier alpha value is -2.54. The van der Waals surface area contributed by atoms with Gasteiger partial charge in [-0.2, -0.15) is 5.10 Å². The molecule has 1 aliphatic carbocycles. The molecule has 0 bridgehead atoms. The van der Waals surface area contributed by atoms with Crippen LogP contribution in [0.25, 0.3) is 0 Å². The second kappa shape index (κ2) is 7.83. The third-order valence-electron chi connectivity index (χ3n) is 5.50. The summed E-state index contributed by atoms with van der Waals surface area (Å²) in [6.07, 6.45) is 4.58. The minimum absolute atomic E-state index is 0.0299. The highest BCUT2D eigenvalue weighted by atomic mass is 35.5. The van der Waals surface area contributed by atoms with Crippen LogP contribution in [-0.4, -0.2) is 59.2 Å². The van der Waals surface area contributed by atoms with Crippen LogP contribution in [0.5, 0.6) is 0 Å². The van der Waals surface area contributed by atoms with Gasteiger partial charge in [-0.25, -0.2) is 0 Å². The number of carbonyl (C=O) groups excluding carboxylic acids is 2. The van der Waals surface area contributed by atoms with Crippen LogP contribution in [0.15, 0.2) is 36.7 Å². The zero-order chi connectivity index (χ0) is 19.7. The molecule has 2 atom stereocenters. The van der Waals surface area contributed by atoms with Gasteiger partial charge in [0.25, 0.3) is 0 Å². The maximum absolute atomic E-state index is 12.5. The zero-order valence-electron chi connectivity index (χ0n) is 15.8. The van der Waals surface area contributed by atoms with E-state index in [1.54, 1.807) is 4.68 Å². The molecule has 2 aromatic rings. The fraction of sp³-hybridized carbons (Fsp3) is 0.450. The zero-order valence-corrected chi connectivity index (χ0v) is 16.6. The Labute approximate surface area is 169 Å². The molecule has 0 spiro atoms. The summed E-state index contributed by atoms with van der Waals surface area (Å²) in [5.74, 6) is 0.110. The number of benzene rings is 1. The van der Waals surface area contributed by atoms with E-state index in [0.29, 0.717) is 18.1 Å². The second-order valence-corrected chi connectivity index (χ2v) is 7.90. The summed E-state index contributed by atoms with van der Waals surface area (Å²) in [5, 5.41) is 7.67. The first kappa shape index (κ1) is 18.8. The maximum atomic E-state index is 12.5. The van der Waals surface area contributed by atoms with Crippen molar-refractivity contribution in [2.45, 2.75) is 12.3 Å². The molecule has 2 fully saturated rings. The normalized spacial score (nSPS) is 21.5. The fourth-order valence-electron chi connectivity index (χ4n) is 3.78. The van der Waals surface area contributed by atoms with Gasteiger partial charge < -0.3 is 15.1 Å². The van der Waals surface area contributed by atoms with Crippen LogP contribution in [0.1, 0.15) is 17.9 Å². The average molecular weight is 402 g/mol. The van der Waals surface area contributed by atoms with Gasteiger partial charge in [-0.15, -0.1) is 0 Å². The number of amides is 2. The molecular weight excluding hydrogens is 378 g/mol. The predicted molar refractivity (Wildman–Crippen MR) is 107 cm³/mol. The van der Waals surface area contributed by atoms with Crippen molar-refractivity contribution in [3.05, 3.63) is 47.2 Å². The molecular formula is C20H24ClN5O2. The van der Waals surface area contributed by atoms with Gasteiger partial charge >= 0.3 is 0 Å². The number of hydrogen-bond acceptors (Lipinski definition) is 4. The summed E-state index contributed by atoms with van der Waals surface area (Å²) in [7, 11) is 1.87. The summed E-state index contributed by atoms with van der Waals surface area (Å²) in [4.78, 5) is 28.8. The minimum Gasteiger partial charge on any atom is -0.368 e. The van der Waals surface area contributed by atoms with Crippen molar-refractivity contribution in [3.63, 3.8) is 0 Å². The number of anilines is 1. The number of nitrogens with zero attached hydrogens (tertiary/aromatic N) is 4. The molecule has 1 aromatic carbocycles. The highest BCUT2D eigenvalue weighted by molar-refractivity contribution is 6.30. The van der Waals surface area contributed by atoms with Gasteiger partial charge in [0, 0.05) is 56.1 Å². The van der Waals surface area contributed by atoms with Crippen molar-refractivity contribution < 1.29 is 9.59 Å². The van der Waals surface area contributed by atoms with Crippen molar-refractivity contribution in [2.75, 3.05) is 37.6 Å². The number of piperazine rings is 1. The van der Waals surface area contributed by atoms with E-state index >= 15 is 0 Å². The van der Waals surface area contributed by atoms with Crippen molar-refractivity contribution in [2.24, 2.45) is 13.0 Å². The molecule has 2 amide bonds. The van der Waals surface area contributed by atoms with Crippen LogP contribution in [0.2, 0.25) is 5.02 Å². The Kier molecular flexibility index (Phi) is 5.26. The van der Waals surface area contributed by atoms with E-state index in [1.165, 1.54) is 0 Å². The van der Waals surface area contributed by atoms with Crippen molar-refractivity contribution in [1.82, 2.24) is 20.0 Å². The van der Waals surface area contributed by atoms with Gasteiger partial charge in [0.2, 0.25) is 11.8 Å². The minimum atomic E-state index is -0.0447. The smallest absolute Gasteiger partial charge is 0.242 e. The SMILES string of the molecule is Cn1cc(C2CC2C(=O)NCC(=O)N2CCN(c3cccc(Cl)c3)CC2)cn1. The Morgan fingerprint density at radius 1 is 1.25 bits per heavy atom. The number of nitrogens with one attached hydrogen (secondary N) is 1. The van der Waals surface area contributed by atoms with Crippen molar-refractivity contribution in [3.8, 4) is 0 Å². The Bertz CT molecular complexity index is 875. The average Bonchev–Trinajstić information content (AvgIpc) is 3.39. The molecule has 148 valence electrons. The lowest BCUT2D eigenvalue weighted by Gasteiger charge is -2.36. The monoisotopic (exact) mass is 401 g/mol. The van der Waals surface area contributed by atoms with Crippen LogP contribution < -0.4 is 10.2 Å². The largest absolute Gasteiger partial charge is 0.368 e. The summed E-state index contributed by atoms with van der Waals surface area (Å²) >= 11 is 6.06. The Morgan fingerprint density at radius 3 is 2.71 bits per heavy atom. The number of aromatic nitrogens is 2. The highest BCUT2D eigenvalue weighted by Crippen LogP contribution is 2.47. The van der Waals surface area contributed by atoms with Crippen molar-refractivity contribution >= 4 is 29.1 Å². The maximum Gasteiger partial charge on any atom is 0.242 e. The third kappa shape index (κ3) is 4.14. The Morgan fingerprint density at radius 2 is 2.04 bits per heavy atom. The summed E-state index contributed by atoms with van der Waals surface area (Å²) in [6, 6.07) is 7.75. The van der Waals surface area contributed by atoms with Gasteiger partial charge in [-0.3, -0.25) is 14.3 Å². The lowest BCUT2D eigenvalue weighted by atomic mass is 10.2.